The van der Waals surface area contributed by atoms with Crippen molar-refractivity contribution in [3.63, 3.8) is 0 Å². The molecule has 0 bridgehead atoms. The van der Waals surface area contributed by atoms with Gasteiger partial charge in [0.2, 0.25) is 0 Å². The van der Waals surface area contributed by atoms with E-state index in [1.807, 2.05) is 0 Å². The molecule has 0 unspecified atom stereocenters. The lowest BCUT2D eigenvalue weighted by Gasteiger charge is -2.13. The highest BCUT2D eigenvalue weighted by atomic mass is 28.3. The molecule has 0 atom stereocenters. The van der Waals surface area contributed by atoms with Gasteiger partial charge in [-0.15, -0.1) is 0 Å². The van der Waals surface area contributed by atoms with Crippen molar-refractivity contribution < 1.29 is 0 Å². The first kappa shape index (κ1) is 8.28. The molecular formula is C6H15BSi. The maximum Gasteiger partial charge on any atom is 0.0652 e. The van der Waals surface area contributed by atoms with Crippen LogP contribution in [0, 0.1) is 0 Å². The van der Waals surface area contributed by atoms with Crippen LogP contribution >= 0.6 is 0 Å². The van der Waals surface area contributed by atoms with Crippen molar-refractivity contribution in [3.8, 4) is 0 Å². The molecule has 0 aromatic heterocycles. The Kier molecular flexibility index (Phi) is 3.45. The molecule has 0 aliphatic heterocycles. The van der Waals surface area contributed by atoms with E-state index in [-0.39, 0.29) is 0 Å². The zero-order valence-corrected chi connectivity index (χ0v) is 7.20. The molecule has 0 N–H and O–H groups in total. The van der Waals surface area contributed by atoms with E-state index in [0.29, 0.717) is 0 Å². The molecule has 8 heavy (non-hydrogen) atoms. The third-order valence-electron chi connectivity index (χ3n) is 1.13. The standard InChI is InChI=1S/C6H15BSi/c1-8(2,3)6-4-5-7/h4-6H2,1-3H3. The average molecular weight is 126 g/mol. The Morgan fingerprint density at radius 2 is 1.75 bits per heavy atom. The highest BCUT2D eigenvalue weighted by molar-refractivity contribution is 6.76. The third kappa shape index (κ3) is 6.28. The summed E-state index contributed by atoms with van der Waals surface area (Å²) in [7, 11) is 4.60. The Morgan fingerprint density at radius 1 is 1.25 bits per heavy atom. The second-order valence-corrected chi connectivity index (χ2v) is 9.07. The Balaban J connectivity index is 3.11. The van der Waals surface area contributed by atoms with Crippen molar-refractivity contribution in [3.05, 3.63) is 0 Å². The van der Waals surface area contributed by atoms with Crippen LogP contribution in [0.25, 0.3) is 0 Å². The summed E-state index contributed by atoms with van der Waals surface area (Å²) in [6, 6.07) is 1.38. The van der Waals surface area contributed by atoms with Crippen LogP contribution in [0.4, 0.5) is 0 Å². The first-order valence-electron chi connectivity index (χ1n) is 3.26. The molecule has 0 rings (SSSR count). The van der Waals surface area contributed by atoms with Gasteiger partial charge in [0.15, 0.2) is 0 Å². The van der Waals surface area contributed by atoms with Gasteiger partial charge >= 0.3 is 0 Å². The molecular weight excluding hydrogens is 111 g/mol. The SMILES string of the molecule is [B]CCC[Si](C)(C)C. The highest BCUT2D eigenvalue weighted by Crippen LogP contribution is 2.11. The Hall–Kier alpha value is 0.282. The smallest absolute Gasteiger partial charge is 0.0652 e. The van der Waals surface area contributed by atoms with Crippen LogP contribution < -0.4 is 0 Å². The predicted molar refractivity (Wildman–Crippen MR) is 43.3 cm³/mol. The molecule has 46 valence electrons. The Bertz CT molecular complexity index is 56.0. The van der Waals surface area contributed by atoms with E-state index >= 15 is 0 Å². The molecule has 0 aromatic rings. The van der Waals surface area contributed by atoms with Crippen molar-refractivity contribution in [1.29, 1.82) is 0 Å². The maximum absolute atomic E-state index is 5.36. The fourth-order valence-electron chi connectivity index (χ4n) is 0.632. The fourth-order valence-corrected chi connectivity index (χ4v) is 1.90. The van der Waals surface area contributed by atoms with E-state index in [2.05, 4.69) is 19.6 Å². The van der Waals surface area contributed by atoms with Gasteiger partial charge in [-0.3, -0.25) is 0 Å². The molecule has 0 spiro atoms. The van der Waals surface area contributed by atoms with E-state index in [1.54, 1.807) is 0 Å². The van der Waals surface area contributed by atoms with Crippen LogP contribution in [-0.4, -0.2) is 15.9 Å². The summed E-state index contributed by atoms with van der Waals surface area (Å²) < 4.78 is 0. The minimum Gasteiger partial charge on any atom is -0.0889 e. The second-order valence-electron chi connectivity index (χ2n) is 3.45. The largest absolute Gasteiger partial charge is 0.0889 e. The summed E-state index contributed by atoms with van der Waals surface area (Å²) in [5.74, 6) is 0. The van der Waals surface area contributed by atoms with Gasteiger partial charge in [0.1, 0.15) is 0 Å². The van der Waals surface area contributed by atoms with Crippen molar-refractivity contribution in [1.82, 2.24) is 0 Å². The molecule has 0 aliphatic carbocycles. The van der Waals surface area contributed by atoms with E-state index in [4.69, 9.17) is 7.85 Å². The summed E-state index contributed by atoms with van der Waals surface area (Å²) in [4.78, 5) is 0. The van der Waals surface area contributed by atoms with Crippen LogP contribution in [0.15, 0.2) is 0 Å². The summed E-state index contributed by atoms with van der Waals surface area (Å²) in [6.07, 6.45) is 2.08. The van der Waals surface area contributed by atoms with Gasteiger partial charge in [0, 0.05) is 8.07 Å². The minimum absolute atomic E-state index is 0.758. The lowest BCUT2D eigenvalue weighted by Crippen LogP contribution is -2.18. The van der Waals surface area contributed by atoms with Gasteiger partial charge in [0.05, 0.1) is 7.85 Å². The zero-order valence-electron chi connectivity index (χ0n) is 6.20. The van der Waals surface area contributed by atoms with Crippen LogP contribution in [0.5, 0.6) is 0 Å². The molecule has 2 heteroatoms. The lowest BCUT2D eigenvalue weighted by molar-refractivity contribution is 1.04. The molecule has 0 amide bonds. The van der Waals surface area contributed by atoms with E-state index < -0.39 is 8.07 Å². The fraction of sp³-hybridized carbons (Fsp3) is 1.00. The Labute approximate surface area is 55.1 Å². The third-order valence-corrected chi connectivity index (χ3v) is 2.98. The van der Waals surface area contributed by atoms with Crippen molar-refractivity contribution in [2.75, 3.05) is 0 Å². The van der Waals surface area contributed by atoms with Gasteiger partial charge in [-0.25, -0.2) is 0 Å². The molecule has 0 aliphatic rings. The second kappa shape index (κ2) is 3.34. The van der Waals surface area contributed by atoms with Crippen LogP contribution in [0.1, 0.15) is 6.42 Å². The zero-order chi connectivity index (χ0) is 6.62. The molecule has 0 nitrogen and oxygen atoms in total. The summed E-state index contributed by atoms with van der Waals surface area (Å²) >= 11 is 0. The van der Waals surface area contributed by atoms with Gasteiger partial charge < -0.3 is 0 Å². The Morgan fingerprint density at radius 3 is 1.88 bits per heavy atom. The average Bonchev–Trinajstić information content (AvgIpc) is 1.59. The molecule has 2 radical (unpaired) electrons. The first-order chi connectivity index (χ1) is 3.56. The topological polar surface area (TPSA) is 0 Å². The molecule has 0 aromatic carbocycles. The quantitative estimate of drug-likeness (QED) is 0.509. The number of rotatable bonds is 3. The summed E-state index contributed by atoms with van der Waals surface area (Å²) in [5, 5.41) is 0. The first-order valence-corrected chi connectivity index (χ1v) is 6.97. The molecule has 0 heterocycles. The van der Waals surface area contributed by atoms with Crippen LogP contribution in [0.3, 0.4) is 0 Å². The van der Waals surface area contributed by atoms with Crippen LogP contribution in [-0.2, 0) is 0 Å². The lowest BCUT2D eigenvalue weighted by atomic mass is 10.0. The number of hydrogen-bond acceptors (Lipinski definition) is 0. The molecule has 0 saturated carbocycles. The monoisotopic (exact) mass is 126 g/mol. The van der Waals surface area contributed by atoms with E-state index in [1.165, 1.54) is 12.5 Å². The van der Waals surface area contributed by atoms with E-state index in [0.717, 1.165) is 6.32 Å². The van der Waals surface area contributed by atoms with Gasteiger partial charge in [-0.05, 0) is 0 Å². The molecule has 0 saturated heterocycles. The van der Waals surface area contributed by atoms with Crippen LogP contribution in [0.2, 0.25) is 32.0 Å². The number of hydrogen-bond donors (Lipinski definition) is 0. The van der Waals surface area contributed by atoms with Gasteiger partial charge in [-0.2, -0.15) is 0 Å². The normalized spacial score (nSPS) is 11.9. The maximum atomic E-state index is 5.36. The summed E-state index contributed by atoms with van der Waals surface area (Å²) in [5.41, 5.74) is 0. The van der Waals surface area contributed by atoms with Crippen molar-refractivity contribution in [2.24, 2.45) is 0 Å². The van der Waals surface area contributed by atoms with Crippen molar-refractivity contribution >= 4 is 15.9 Å². The summed E-state index contributed by atoms with van der Waals surface area (Å²) in [6.45, 7) is 7.13. The minimum atomic E-state index is -0.758. The highest BCUT2D eigenvalue weighted by Gasteiger charge is 2.10. The van der Waals surface area contributed by atoms with Crippen molar-refractivity contribution in [2.45, 2.75) is 38.4 Å². The van der Waals surface area contributed by atoms with E-state index in [9.17, 15) is 0 Å². The van der Waals surface area contributed by atoms with Gasteiger partial charge in [0.25, 0.3) is 0 Å². The van der Waals surface area contributed by atoms with Gasteiger partial charge in [-0.1, -0.05) is 38.4 Å². The molecule has 0 fully saturated rings. The predicted octanol–water partition coefficient (Wildman–Crippen LogP) is 2.30.